The van der Waals surface area contributed by atoms with Crippen LogP contribution in [0.5, 0.6) is 0 Å². The molecule has 4 nitrogen and oxygen atoms in total. The minimum absolute atomic E-state index is 0.190. The number of carbonyl (C=O) groups is 2. The van der Waals surface area contributed by atoms with Crippen LogP contribution in [0.4, 0.5) is 0 Å². The molecule has 0 aliphatic rings. The van der Waals surface area contributed by atoms with E-state index in [9.17, 15) is 9.59 Å². The van der Waals surface area contributed by atoms with Crippen LogP contribution in [0.1, 0.15) is 62.2 Å². The molecular formula is C18H26ClNO3. The molecule has 0 saturated heterocycles. The Morgan fingerprint density at radius 3 is 2.39 bits per heavy atom. The highest BCUT2D eigenvalue weighted by Gasteiger charge is 2.07. The molecule has 0 aliphatic carbocycles. The normalized spacial score (nSPS) is 10.3. The second kappa shape index (κ2) is 11.9. The number of carbonyl (C=O) groups excluding carboxylic acids is 2. The van der Waals surface area contributed by atoms with Gasteiger partial charge in [-0.1, -0.05) is 50.6 Å². The topological polar surface area (TPSA) is 55.4 Å². The number of hydrogen-bond donors (Lipinski definition) is 1. The van der Waals surface area contributed by atoms with Gasteiger partial charge >= 0.3 is 5.97 Å². The van der Waals surface area contributed by atoms with Gasteiger partial charge in [-0.2, -0.15) is 0 Å². The molecule has 0 radical (unpaired) electrons. The van der Waals surface area contributed by atoms with Crippen LogP contribution in [-0.4, -0.2) is 25.0 Å². The molecule has 1 amide bonds. The molecule has 0 fully saturated rings. The molecule has 128 valence electrons. The summed E-state index contributed by atoms with van der Waals surface area (Å²) in [6.07, 6.45) is 7.15. The number of hydrogen-bond acceptors (Lipinski definition) is 3. The zero-order valence-electron chi connectivity index (χ0n) is 13.8. The van der Waals surface area contributed by atoms with Gasteiger partial charge in [0.2, 0.25) is 0 Å². The van der Waals surface area contributed by atoms with Gasteiger partial charge in [0.15, 0.2) is 0 Å². The zero-order valence-corrected chi connectivity index (χ0v) is 14.5. The zero-order chi connectivity index (χ0) is 16.9. The first kappa shape index (κ1) is 19.5. The molecule has 0 heterocycles. The largest absolute Gasteiger partial charge is 0.466 e. The third-order valence-electron chi connectivity index (χ3n) is 3.48. The van der Waals surface area contributed by atoms with Crippen LogP contribution in [-0.2, 0) is 9.53 Å². The van der Waals surface area contributed by atoms with Crippen molar-refractivity contribution in [2.24, 2.45) is 0 Å². The SMILES string of the molecule is CCCCCCCCOC(=O)CCNC(=O)c1ccc(Cl)cc1. The molecule has 1 N–H and O–H groups in total. The lowest BCUT2D eigenvalue weighted by Gasteiger charge is -2.06. The van der Waals surface area contributed by atoms with E-state index in [2.05, 4.69) is 12.2 Å². The quantitative estimate of drug-likeness (QED) is 0.481. The van der Waals surface area contributed by atoms with Crippen LogP contribution < -0.4 is 5.32 Å². The maximum atomic E-state index is 11.8. The summed E-state index contributed by atoms with van der Waals surface area (Å²) in [5.41, 5.74) is 0.523. The van der Waals surface area contributed by atoms with Gasteiger partial charge in [-0.3, -0.25) is 9.59 Å². The van der Waals surface area contributed by atoms with Crippen molar-refractivity contribution in [2.45, 2.75) is 51.9 Å². The summed E-state index contributed by atoms with van der Waals surface area (Å²) in [7, 11) is 0. The smallest absolute Gasteiger partial charge is 0.307 e. The fourth-order valence-electron chi connectivity index (χ4n) is 2.12. The molecule has 1 aromatic rings. The van der Waals surface area contributed by atoms with Gasteiger partial charge in [0, 0.05) is 17.1 Å². The van der Waals surface area contributed by atoms with E-state index in [4.69, 9.17) is 16.3 Å². The van der Waals surface area contributed by atoms with Gasteiger partial charge < -0.3 is 10.1 Å². The maximum Gasteiger partial charge on any atom is 0.307 e. The van der Waals surface area contributed by atoms with Gasteiger partial charge in [0.05, 0.1) is 13.0 Å². The Labute approximate surface area is 143 Å². The van der Waals surface area contributed by atoms with E-state index in [1.54, 1.807) is 24.3 Å². The predicted molar refractivity (Wildman–Crippen MR) is 92.7 cm³/mol. The first-order valence-corrected chi connectivity index (χ1v) is 8.70. The third-order valence-corrected chi connectivity index (χ3v) is 3.73. The minimum Gasteiger partial charge on any atom is -0.466 e. The molecule has 0 aromatic heterocycles. The van der Waals surface area contributed by atoms with Gasteiger partial charge in [-0.15, -0.1) is 0 Å². The highest BCUT2D eigenvalue weighted by molar-refractivity contribution is 6.30. The average Bonchev–Trinajstić information content (AvgIpc) is 2.54. The van der Waals surface area contributed by atoms with E-state index in [-0.39, 0.29) is 24.8 Å². The van der Waals surface area contributed by atoms with Crippen LogP contribution in [0.2, 0.25) is 5.02 Å². The summed E-state index contributed by atoms with van der Waals surface area (Å²) in [6, 6.07) is 6.61. The van der Waals surface area contributed by atoms with Gasteiger partial charge in [-0.05, 0) is 30.7 Å². The number of unbranched alkanes of at least 4 members (excludes halogenated alkanes) is 5. The molecule has 23 heavy (non-hydrogen) atoms. The monoisotopic (exact) mass is 339 g/mol. The van der Waals surface area contributed by atoms with Crippen molar-refractivity contribution in [3.05, 3.63) is 34.9 Å². The number of halogens is 1. The van der Waals surface area contributed by atoms with Crippen molar-refractivity contribution in [1.29, 1.82) is 0 Å². The molecule has 0 bridgehead atoms. The van der Waals surface area contributed by atoms with Crippen molar-refractivity contribution in [3.63, 3.8) is 0 Å². The van der Waals surface area contributed by atoms with Crippen molar-refractivity contribution < 1.29 is 14.3 Å². The molecule has 1 aromatic carbocycles. The van der Waals surface area contributed by atoms with Crippen LogP contribution in [0, 0.1) is 0 Å². The summed E-state index contributed by atoms with van der Waals surface area (Å²) < 4.78 is 5.14. The second-order valence-corrected chi connectivity index (χ2v) is 5.94. The summed E-state index contributed by atoms with van der Waals surface area (Å²) in [4.78, 5) is 23.4. The van der Waals surface area contributed by atoms with Crippen LogP contribution >= 0.6 is 11.6 Å². The fraction of sp³-hybridized carbons (Fsp3) is 0.556. The van der Waals surface area contributed by atoms with E-state index in [0.717, 1.165) is 12.8 Å². The third kappa shape index (κ3) is 9.24. The number of amides is 1. The minimum atomic E-state index is -0.269. The number of ether oxygens (including phenoxy) is 1. The summed E-state index contributed by atoms with van der Waals surface area (Å²) in [5.74, 6) is -0.486. The van der Waals surface area contributed by atoms with Crippen LogP contribution in [0.15, 0.2) is 24.3 Å². The Balaban J connectivity index is 2.05. The second-order valence-electron chi connectivity index (χ2n) is 5.50. The molecule has 5 heteroatoms. The van der Waals surface area contributed by atoms with Crippen molar-refractivity contribution >= 4 is 23.5 Å². The first-order chi connectivity index (χ1) is 11.1. The van der Waals surface area contributed by atoms with E-state index in [0.29, 0.717) is 17.2 Å². The Bertz CT molecular complexity index is 474. The van der Waals surface area contributed by atoms with E-state index in [1.165, 1.54) is 25.7 Å². The van der Waals surface area contributed by atoms with Crippen molar-refractivity contribution in [2.75, 3.05) is 13.2 Å². The Morgan fingerprint density at radius 1 is 1.04 bits per heavy atom. The highest BCUT2D eigenvalue weighted by Crippen LogP contribution is 2.09. The molecule has 0 spiro atoms. The highest BCUT2D eigenvalue weighted by atomic mass is 35.5. The molecule has 0 saturated carbocycles. The van der Waals surface area contributed by atoms with Gasteiger partial charge in [0.25, 0.3) is 5.91 Å². The first-order valence-electron chi connectivity index (χ1n) is 8.33. The number of rotatable bonds is 11. The van der Waals surface area contributed by atoms with E-state index < -0.39 is 0 Å². The Morgan fingerprint density at radius 2 is 1.70 bits per heavy atom. The lowest BCUT2D eigenvalue weighted by molar-refractivity contribution is -0.143. The summed E-state index contributed by atoms with van der Waals surface area (Å²) in [5, 5.41) is 3.27. The van der Waals surface area contributed by atoms with E-state index in [1.807, 2.05) is 0 Å². The number of esters is 1. The lowest BCUT2D eigenvalue weighted by Crippen LogP contribution is -2.26. The van der Waals surface area contributed by atoms with E-state index >= 15 is 0 Å². The molecule has 0 aliphatic heterocycles. The molecule has 1 rings (SSSR count). The maximum absolute atomic E-state index is 11.8. The summed E-state index contributed by atoms with van der Waals surface area (Å²) in [6.45, 7) is 2.93. The number of benzene rings is 1. The fourth-order valence-corrected chi connectivity index (χ4v) is 2.25. The predicted octanol–water partition coefficient (Wildman–Crippen LogP) is 4.36. The lowest BCUT2D eigenvalue weighted by atomic mass is 10.1. The molecule has 0 atom stereocenters. The molecule has 0 unspecified atom stereocenters. The number of nitrogens with one attached hydrogen (secondary N) is 1. The standard InChI is InChI=1S/C18H26ClNO3/c1-2-3-4-5-6-7-14-23-17(21)12-13-20-18(22)15-8-10-16(19)11-9-15/h8-11H,2-7,12-14H2,1H3,(H,20,22). The summed E-state index contributed by atoms with van der Waals surface area (Å²) >= 11 is 5.77. The van der Waals surface area contributed by atoms with Crippen molar-refractivity contribution in [3.8, 4) is 0 Å². The van der Waals surface area contributed by atoms with Crippen molar-refractivity contribution in [1.82, 2.24) is 5.32 Å². The van der Waals surface area contributed by atoms with Gasteiger partial charge in [0.1, 0.15) is 0 Å². The van der Waals surface area contributed by atoms with Crippen LogP contribution in [0.3, 0.4) is 0 Å². The van der Waals surface area contributed by atoms with Gasteiger partial charge in [-0.25, -0.2) is 0 Å². The molecular weight excluding hydrogens is 314 g/mol. The van der Waals surface area contributed by atoms with Crippen LogP contribution in [0.25, 0.3) is 0 Å². The average molecular weight is 340 g/mol. The Kier molecular flexibility index (Phi) is 10.1. The Hall–Kier alpha value is -1.55.